The maximum absolute atomic E-state index is 13.0. The lowest BCUT2D eigenvalue weighted by Crippen LogP contribution is -2.42. The number of nitrogens with one attached hydrogen (secondary N) is 1. The van der Waals surface area contributed by atoms with E-state index in [4.69, 9.17) is 5.73 Å². The van der Waals surface area contributed by atoms with Gasteiger partial charge in [-0.1, -0.05) is 41.7 Å². The van der Waals surface area contributed by atoms with Crippen molar-refractivity contribution in [2.45, 2.75) is 20.0 Å². The lowest BCUT2D eigenvalue weighted by atomic mass is 10.2. The SMILES string of the molecule is Cc1cc(=O)n2nc(CN(C)CC(=O)N(C)c3c(N)n(Cc4ccccc4)c(=O)[nH]c3=O)sc2n1. The van der Waals surface area contributed by atoms with Gasteiger partial charge in [-0.25, -0.2) is 9.78 Å². The highest BCUT2D eigenvalue weighted by Crippen LogP contribution is 2.17. The third-order valence-corrected chi connectivity index (χ3v) is 6.23. The summed E-state index contributed by atoms with van der Waals surface area (Å²) < 4.78 is 2.44. The number of benzene rings is 1. The fourth-order valence-electron chi connectivity index (χ4n) is 3.60. The van der Waals surface area contributed by atoms with Crippen LogP contribution in [0.2, 0.25) is 0 Å². The zero-order valence-electron chi connectivity index (χ0n) is 19.4. The molecule has 0 bridgehead atoms. The van der Waals surface area contributed by atoms with Gasteiger partial charge in [0.2, 0.25) is 10.9 Å². The van der Waals surface area contributed by atoms with Crippen LogP contribution in [0.1, 0.15) is 16.3 Å². The molecule has 3 aromatic heterocycles. The van der Waals surface area contributed by atoms with Gasteiger partial charge in [0.25, 0.3) is 11.1 Å². The van der Waals surface area contributed by atoms with E-state index in [1.165, 1.54) is 33.5 Å². The predicted octanol–water partition coefficient (Wildman–Crippen LogP) is 0.0347. The van der Waals surface area contributed by atoms with Gasteiger partial charge in [0.05, 0.1) is 19.6 Å². The molecule has 0 spiro atoms. The number of nitrogens with zero attached hydrogens (tertiary/aromatic N) is 6. The van der Waals surface area contributed by atoms with Crippen molar-refractivity contribution in [2.75, 3.05) is 31.3 Å². The smallest absolute Gasteiger partial charge is 0.330 e. The van der Waals surface area contributed by atoms with Gasteiger partial charge in [-0.3, -0.25) is 28.8 Å². The second-order valence-electron chi connectivity index (χ2n) is 8.12. The molecule has 182 valence electrons. The van der Waals surface area contributed by atoms with E-state index in [1.807, 2.05) is 30.3 Å². The number of amides is 1. The van der Waals surface area contributed by atoms with Crippen molar-refractivity contribution in [3.05, 3.63) is 83.9 Å². The molecular formula is C22H24N8O4S. The molecule has 0 aliphatic heterocycles. The number of rotatable bonds is 7. The van der Waals surface area contributed by atoms with Gasteiger partial charge in [0, 0.05) is 18.8 Å². The summed E-state index contributed by atoms with van der Waals surface area (Å²) in [4.78, 5) is 59.8. The normalized spacial score (nSPS) is 11.3. The Morgan fingerprint density at radius 2 is 1.89 bits per heavy atom. The average molecular weight is 497 g/mol. The fraction of sp³-hybridized carbons (Fsp3) is 0.273. The van der Waals surface area contributed by atoms with Crippen molar-refractivity contribution in [3.8, 4) is 0 Å². The van der Waals surface area contributed by atoms with Crippen LogP contribution < -0.4 is 27.4 Å². The molecule has 0 unspecified atom stereocenters. The predicted molar refractivity (Wildman–Crippen MR) is 133 cm³/mol. The van der Waals surface area contributed by atoms with Crippen LogP contribution in [0.25, 0.3) is 4.96 Å². The first-order valence-corrected chi connectivity index (χ1v) is 11.4. The van der Waals surface area contributed by atoms with Crippen molar-refractivity contribution >= 4 is 33.7 Å². The third kappa shape index (κ3) is 5.05. The Bertz CT molecular complexity index is 1570. The summed E-state index contributed by atoms with van der Waals surface area (Å²) in [6.07, 6.45) is 0. The molecule has 0 saturated carbocycles. The van der Waals surface area contributed by atoms with Crippen molar-refractivity contribution in [2.24, 2.45) is 0 Å². The molecule has 0 fully saturated rings. The number of aromatic nitrogens is 5. The van der Waals surface area contributed by atoms with Crippen LogP contribution in [0, 0.1) is 6.92 Å². The quantitative estimate of drug-likeness (QED) is 0.364. The van der Waals surface area contributed by atoms with E-state index in [9.17, 15) is 19.2 Å². The van der Waals surface area contributed by atoms with Crippen molar-refractivity contribution in [3.63, 3.8) is 0 Å². The number of H-pyrrole nitrogens is 1. The topological polar surface area (TPSA) is 152 Å². The largest absolute Gasteiger partial charge is 0.383 e. The van der Waals surface area contributed by atoms with Gasteiger partial charge in [0.15, 0.2) is 5.69 Å². The molecule has 4 aromatic rings. The second kappa shape index (κ2) is 9.64. The van der Waals surface area contributed by atoms with Crippen molar-refractivity contribution < 1.29 is 4.79 Å². The van der Waals surface area contributed by atoms with Crippen LogP contribution in [0.5, 0.6) is 0 Å². The minimum absolute atomic E-state index is 0.0650. The van der Waals surface area contributed by atoms with E-state index in [0.717, 1.165) is 10.5 Å². The number of carbonyl (C=O) groups is 1. The molecular weight excluding hydrogens is 472 g/mol. The van der Waals surface area contributed by atoms with Crippen molar-refractivity contribution in [1.29, 1.82) is 0 Å². The first-order chi connectivity index (χ1) is 16.6. The van der Waals surface area contributed by atoms with E-state index >= 15 is 0 Å². The number of fused-ring (bicyclic) bond motifs is 1. The number of aryl methyl sites for hydroxylation is 1. The molecule has 35 heavy (non-hydrogen) atoms. The van der Waals surface area contributed by atoms with E-state index in [1.54, 1.807) is 18.9 Å². The molecule has 1 aromatic carbocycles. The van der Waals surface area contributed by atoms with Crippen LogP contribution in [-0.4, -0.2) is 55.6 Å². The van der Waals surface area contributed by atoms with Gasteiger partial charge < -0.3 is 10.6 Å². The highest BCUT2D eigenvalue weighted by molar-refractivity contribution is 7.16. The molecule has 0 aliphatic rings. The van der Waals surface area contributed by atoms with Crippen LogP contribution in [0.15, 0.2) is 50.8 Å². The second-order valence-corrected chi connectivity index (χ2v) is 9.16. The number of hydrogen-bond donors (Lipinski definition) is 2. The summed E-state index contributed by atoms with van der Waals surface area (Å²) in [6.45, 7) is 2.09. The van der Waals surface area contributed by atoms with Crippen LogP contribution in [0.3, 0.4) is 0 Å². The Morgan fingerprint density at radius 1 is 1.17 bits per heavy atom. The molecule has 4 rings (SSSR count). The van der Waals surface area contributed by atoms with Gasteiger partial charge in [-0.2, -0.15) is 9.61 Å². The molecule has 0 atom stereocenters. The molecule has 13 heteroatoms. The maximum Gasteiger partial charge on any atom is 0.330 e. The zero-order chi connectivity index (χ0) is 25.3. The molecule has 0 radical (unpaired) electrons. The molecule has 0 aliphatic carbocycles. The number of anilines is 2. The molecule has 1 amide bonds. The van der Waals surface area contributed by atoms with Gasteiger partial charge >= 0.3 is 5.69 Å². The summed E-state index contributed by atoms with van der Waals surface area (Å²) >= 11 is 1.26. The Morgan fingerprint density at radius 3 is 2.60 bits per heavy atom. The number of aromatic amines is 1. The third-order valence-electron chi connectivity index (χ3n) is 5.33. The Labute approximate surface area is 202 Å². The Hall–Kier alpha value is -4.10. The molecule has 12 nitrogen and oxygen atoms in total. The summed E-state index contributed by atoms with van der Waals surface area (Å²) in [7, 11) is 3.14. The maximum atomic E-state index is 13.0. The van der Waals surface area contributed by atoms with Gasteiger partial charge in [-0.05, 0) is 19.5 Å². The van der Waals surface area contributed by atoms with E-state index in [0.29, 0.717) is 15.7 Å². The van der Waals surface area contributed by atoms with E-state index in [2.05, 4.69) is 15.1 Å². The summed E-state index contributed by atoms with van der Waals surface area (Å²) in [6, 6.07) is 10.6. The average Bonchev–Trinajstić information content (AvgIpc) is 3.19. The van der Waals surface area contributed by atoms with Crippen LogP contribution in [-0.2, 0) is 17.9 Å². The zero-order valence-corrected chi connectivity index (χ0v) is 20.2. The van der Waals surface area contributed by atoms with Crippen LogP contribution in [0.4, 0.5) is 11.5 Å². The van der Waals surface area contributed by atoms with Crippen LogP contribution >= 0.6 is 11.3 Å². The van der Waals surface area contributed by atoms with Gasteiger partial charge in [0.1, 0.15) is 10.8 Å². The summed E-state index contributed by atoms with van der Waals surface area (Å²) in [5, 5.41) is 4.88. The minimum atomic E-state index is -0.748. The summed E-state index contributed by atoms with van der Waals surface area (Å²) in [5.74, 6) is -0.519. The standard InChI is InChI=1S/C22H24N8O4S/c1-13-9-16(31)30-22(24-13)35-15(26-30)11-27(2)12-17(32)28(3)18-19(23)29(21(34)25-20(18)33)10-14-7-5-4-6-8-14/h4-9H,10-12,23H2,1-3H3,(H,25,33,34). The first kappa shape index (κ1) is 24.0. The lowest BCUT2D eigenvalue weighted by molar-refractivity contribution is -0.119. The Kier molecular flexibility index (Phi) is 6.62. The first-order valence-electron chi connectivity index (χ1n) is 10.6. The monoisotopic (exact) mass is 496 g/mol. The fourth-order valence-corrected chi connectivity index (χ4v) is 4.62. The molecule has 0 saturated heterocycles. The van der Waals surface area contributed by atoms with Gasteiger partial charge in [-0.15, -0.1) is 0 Å². The lowest BCUT2D eigenvalue weighted by Gasteiger charge is -2.23. The highest BCUT2D eigenvalue weighted by atomic mass is 32.1. The number of likely N-dealkylation sites (N-methyl/N-ethyl adjacent to an activating group) is 2. The highest BCUT2D eigenvalue weighted by Gasteiger charge is 2.22. The van der Waals surface area contributed by atoms with E-state index in [-0.39, 0.29) is 36.7 Å². The summed E-state index contributed by atoms with van der Waals surface area (Å²) in [5.41, 5.74) is 5.82. The number of nitrogens with two attached hydrogens (primary N) is 1. The number of hydrogen-bond acceptors (Lipinski definition) is 9. The minimum Gasteiger partial charge on any atom is -0.383 e. The number of nitrogen functional groups attached to an aromatic ring is 1. The molecule has 3 N–H and O–H groups in total. The van der Waals surface area contributed by atoms with E-state index < -0.39 is 17.2 Å². The van der Waals surface area contributed by atoms with Crippen molar-refractivity contribution in [1.82, 2.24) is 29.0 Å². The Balaban J connectivity index is 1.52. The number of carbonyl (C=O) groups excluding carboxylic acids is 1. The molecule has 3 heterocycles.